The third-order valence-corrected chi connectivity index (χ3v) is 6.10. The van der Waals surface area contributed by atoms with Crippen LogP contribution >= 0.6 is 0 Å². The second-order valence-electron chi connectivity index (χ2n) is 7.01. The molecule has 0 amide bonds. The first-order valence-electron chi connectivity index (χ1n) is 8.07. The fourth-order valence-corrected chi connectivity index (χ4v) is 5.40. The van der Waals surface area contributed by atoms with Crippen molar-refractivity contribution in [1.82, 2.24) is 4.90 Å². The second-order valence-corrected chi connectivity index (χ2v) is 7.01. The van der Waals surface area contributed by atoms with E-state index in [1.54, 1.807) is 11.1 Å². The molecule has 102 valence electrons. The Balaban J connectivity index is 1.90. The molecule has 0 spiro atoms. The van der Waals surface area contributed by atoms with E-state index in [2.05, 4.69) is 37.1 Å². The highest BCUT2D eigenvalue weighted by Crippen LogP contribution is 2.57. The zero-order valence-electron chi connectivity index (χ0n) is 12.2. The van der Waals surface area contributed by atoms with Crippen LogP contribution in [0.4, 0.5) is 0 Å². The van der Waals surface area contributed by atoms with Crippen molar-refractivity contribution in [2.45, 2.75) is 51.0 Å². The van der Waals surface area contributed by atoms with Crippen LogP contribution in [0.5, 0.6) is 0 Å². The van der Waals surface area contributed by atoms with E-state index < -0.39 is 0 Å². The van der Waals surface area contributed by atoms with E-state index in [-0.39, 0.29) is 0 Å². The predicted octanol–water partition coefficient (Wildman–Crippen LogP) is 4.28. The van der Waals surface area contributed by atoms with E-state index in [1.807, 2.05) is 0 Å². The van der Waals surface area contributed by atoms with Gasteiger partial charge in [-0.05, 0) is 80.6 Å². The summed E-state index contributed by atoms with van der Waals surface area (Å²) < 4.78 is 0. The highest BCUT2D eigenvalue weighted by atomic mass is 15.1. The van der Waals surface area contributed by atoms with Gasteiger partial charge in [0.2, 0.25) is 0 Å². The molecule has 2 aliphatic carbocycles. The minimum atomic E-state index is 0.712. The molecule has 1 saturated heterocycles. The molecule has 1 aliphatic heterocycles. The lowest BCUT2D eigenvalue weighted by Gasteiger charge is -2.49. The summed E-state index contributed by atoms with van der Waals surface area (Å²) in [6.07, 6.45) is 7.24. The van der Waals surface area contributed by atoms with Gasteiger partial charge in [0.25, 0.3) is 0 Å². The van der Waals surface area contributed by atoms with Crippen molar-refractivity contribution in [1.29, 1.82) is 0 Å². The average Bonchev–Trinajstić information content (AvgIpc) is 2.89. The number of hydrogen-bond acceptors (Lipinski definition) is 1. The highest BCUT2D eigenvalue weighted by Gasteiger charge is 2.47. The lowest BCUT2D eigenvalue weighted by atomic mass is 9.64. The lowest BCUT2D eigenvalue weighted by molar-refractivity contribution is 0.0627. The van der Waals surface area contributed by atoms with Crippen molar-refractivity contribution in [2.24, 2.45) is 11.8 Å². The van der Waals surface area contributed by atoms with Gasteiger partial charge in [-0.2, -0.15) is 0 Å². The summed E-state index contributed by atoms with van der Waals surface area (Å²) in [5.74, 6) is 2.78. The Morgan fingerprint density at radius 1 is 1.05 bits per heavy atom. The summed E-state index contributed by atoms with van der Waals surface area (Å²) in [6, 6.07) is 7.76. The van der Waals surface area contributed by atoms with Gasteiger partial charge < -0.3 is 0 Å². The molecule has 1 heterocycles. The zero-order chi connectivity index (χ0) is 13.0. The summed E-state index contributed by atoms with van der Waals surface area (Å²) in [6.45, 7) is 3.61. The Hall–Kier alpha value is -0.820. The summed E-state index contributed by atoms with van der Waals surface area (Å²) >= 11 is 0. The van der Waals surface area contributed by atoms with Crippen LogP contribution in [0.2, 0.25) is 0 Å². The van der Waals surface area contributed by atoms with E-state index in [1.165, 1.54) is 44.2 Å². The molecule has 4 unspecified atom stereocenters. The highest BCUT2D eigenvalue weighted by molar-refractivity contribution is 5.43. The number of hydrogen-bond donors (Lipinski definition) is 0. The summed E-state index contributed by atoms with van der Waals surface area (Å²) in [5, 5.41) is 0. The maximum atomic E-state index is 2.65. The largest absolute Gasteiger partial charge is 0.299 e. The fourth-order valence-electron chi connectivity index (χ4n) is 5.40. The van der Waals surface area contributed by atoms with Crippen LogP contribution in [-0.2, 0) is 0 Å². The first-order chi connectivity index (χ1) is 9.27. The van der Waals surface area contributed by atoms with E-state index in [9.17, 15) is 0 Å². The number of aryl methyl sites for hydroxylation is 1. The molecule has 1 heteroatoms. The fraction of sp³-hybridized carbons (Fsp3) is 0.667. The minimum absolute atomic E-state index is 0.712. The Morgan fingerprint density at radius 2 is 1.89 bits per heavy atom. The average molecular weight is 255 g/mol. The van der Waals surface area contributed by atoms with Crippen LogP contribution in [0.3, 0.4) is 0 Å². The number of benzene rings is 1. The molecular formula is C18H25N. The Bertz CT molecular complexity index is 492. The van der Waals surface area contributed by atoms with Gasteiger partial charge >= 0.3 is 0 Å². The molecule has 2 fully saturated rings. The van der Waals surface area contributed by atoms with Crippen molar-refractivity contribution >= 4 is 0 Å². The summed E-state index contributed by atoms with van der Waals surface area (Å²) in [7, 11) is 2.35. The molecule has 19 heavy (non-hydrogen) atoms. The minimum Gasteiger partial charge on any atom is -0.299 e. The van der Waals surface area contributed by atoms with E-state index >= 15 is 0 Å². The molecule has 3 aliphatic rings. The third-order valence-electron chi connectivity index (χ3n) is 6.10. The van der Waals surface area contributed by atoms with Gasteiger partial charge in [-0.3, -0.25) is 4.90 Å². The number of fused-ring (bicyclic) bond motifs is 6. The molecule has 0 N–H and O–H groups in total. The maximum Gasteiger partial charge on any atom is 0.0381 e. The zero-order valence-corrected chi connectivity index (χ0v) is 12.2. The van der Waals surface area contributed by atoms with Gasteiger partial charge in [0.1, 0.15) is 0 Å². The number of piperidine rings is 1. The maximum absolute atomic E-state index is 2.65. The van der Waals surface area contributed by atoms with E-state index in [0.717, 1.165) is 17.8 Å². The van der Waals surface area contributed by atoms with Crippen molar-refractivity contribution in [3.05, 3.63) is 34.9 Å². The van der Waals surface area contributed by atoms with Gasteiger partial charge in [-0.1, -0.05) is 24.6 Å². The smallest absolute Gasteiger partial charge is 0.0381 e. The summed E-state index contributed by atoms with van der Waals surface area (Å²) in [5.41, 5.74) is 4.95. The molecule has 4 atom stereocenters. The third kappa shape index (κ3) is 1.64. The van der Waals surface area contributed by atoms with Gasteiger partial charge in [-0.15, -0.1) is 0 Å². The van der Waals surface area contributed by atoms with Crippen molar-refractivity contribution < 1.29 is 0 Å². The molecule has 0 radical (unpaired) electrons. The standard InChI is InChI=1S/C18H25N/c1-12-6-3-9-15-13-7-4-8-14(13)16-10-5-11-19(2)18(16)17(12)15/h3,6,9,13-14,16,18H,4-5,7-8,10-11H2,1-2H3. The molecule has 4 rings (SSSR count). The number of likely N-dealkylation sites (tertiary alicyclic amines) is 1. The monoisotopic (exact) mass is 255 g/mol. The molecule has 1 aromatic rings. The molecule has 0 aromatic heterocycles. The van der Waals surface area contributed by atoms with Crippen LogP contribution in [0.1, 0.15) is 60.8 Å². The Labute approximate surface area is 117 Å². The van der Waals surface area contributed by atoms with Crippen LogP contribution in [0, 0.1) is 18.8 Å². The van der Waals surface area contributed by atoms with Crippen molar-refractivity contribution in [3.63, 3.8) is 0 Å². The molecule has 0 bridgehead atoms. The van der Waals surface area contributed by atoms with E-state index in [0.29, 0.717) is 6.04 Å². The Morgan fingerprint density at radius 3 is 2.79 bits per heavy atom. The second kappa shape index (κ2) is 4.34. The van der Waals surface area contributed by atoms with Crippen LogP contribution < -0.4 is 0 Å². The quantitative estimate of drug-likeness (QED) is 0.669. The lowest BCUT2D eigenvalue weighted by Crippen LogP contribution is -2.43. The van der Waals surface area contributed by atoms with Crippen LogP contribution in [0.15, 0.2) is 18.2 Å². The first-order valence-corrected chi connectivity index (χ1v) is 8.07. The van der Waals surface area contributed by atoms with E-state index in [4.69, 9.17) is 0 Å². The molecule has 1 nitrogen and oxygen atoms in total. The SMILES string of the molecule is Cc1cccc2c1C1C(CCCN1C)C1CCCC21. The Kier molecular flexibility index (Phi) is 2.73. The summed E-state index contributed by atoms with van der Waals surface area (Å²) in [4.78, 5) is 2.65. The predicted molar refractivity (Wildman–Crippen MR) is 79.4 cm³/mol. The molecule has 1 saturated carbocycles. The van der Waals surface area contributed by atoms with Crippen LogP contribution in [0.25, 0.3) is 0 Å². The van der Waals surface area contributed by atoms with Crippen molar-refractivity contribution in [3.8, 4) is 0 Å². The van der Waals surface area contributed by atoms with Gasteiger partial charge in [0, 0.05) is 6.04 Å². The topological polar surface area (TPSA) is 3.24 Å². The normalized spacial score (nSPS) is 37.6. The van der Waals surface area contributed by atoms with Gasteiger partial charge in [-0.25, -0.2) is 0 Å². The van der Waals surface area contributed by atoms with Crippen LogP contribution in [-0.4, -0.2) is 18.5 Å². The van der Waals surface area contributed by atoms with Gasteiger partial charge in [0.05, 0.1) is 0 Å². The van der Waals surface area contributed by atoms with Crippen molar-refractivity contribution in [2.75, 3.05) is 13.6 Å². The number of rotatable bonds is 0. The number of nitrogens with zero attached hydrogens (tertiary/aromatic N) is 1. The molecule has 1 aromatic carbocycles. The first kappa shape index (κ1) is 12.0. The molecular weight excluding hydrogens is 230 g/mol. The van der Waals surface area contributed by atoms with Gasteiger partial charge in [0.15, 0.2) is 0 Å².